The average Bonchev–Trinajstić information content (AvgIpc) is 2.56. The minimum atomic E-state index is -1.73. The first-order valence-corrected chi connectivity index (χ1v) is 7.68. The van der Waals surface area contributed by atoms with Crippen LogP contribution in [0.2, 0.25) is 0 Å². The normalized spacial score (nSPS) is 38.8. The monoisotopic (exact) mass is 415 g/mol. The summed E-state index contributed by atoms with van der Waals surface area (Å²) < 4.78 is 15.3. The Labute approximate surface area is 159 Å². The summed E-state index contributed by atoms with van der Waals surface area (Å²) in [6, 6.07) is -1.32. The lowest BCUT2D eigenvalue weighted by atomic mass is 9.96. The highest BCUT2D eigenvalue weighted by Gasteiger charge is 2.49. The van der Waals surface area contributed by atoms with E-state index in [1.54, 1.807) is 0 Å². The standard InChI is InChI=1S/C14H21NO11.ClH/c1-4(17)15-8-11(10(20)7(3-16)24-13(8)23)26-14-9(19)5(18)2-6(25-14)12(21)22;/h2,5,7-11,13-14,16,18-20,23H,3H2,1H3,(H,15,17)(H,21,22);1H/t5-,7-,8+,9-,10+,11-,13-,14?;/m1./s1. The minimum Gasteiger partial charge on any atom is -0.475 e. The van der Waals surface area contributed by atoms with Gasteiger partial charge in [0.25, 0.3) is 0 Å². The summed E-state index contributed by atoms with van der Waals surface area (Å²) in [6.45, 7) is 0.442. The molecule has 0 aromatic rings. The zero-order valence-corrected chi connectivity index (χ0v) is 14.9. The van der Waals surface area contributed by atoms with E-state index in [1.807, 2.05) is 0 Å². The van der Waals surface area contributed by atoms with Crippen LogP contribution in [0, 0.1) is 0 Å². The fraction of sp³-hybridized carbons (Fsp3) is 0.714. The third kappa shape index (κ3) is 5.27. The highest BCUT2D eigenvalue weighted by molar-refractivity contribution is 5.85. The fourth-order valence-corrected chi connectivity index (χ4v) is 2.67. The molecule has 0 aliphatic carbocycles. The number of aliphatic carboxylic acids is 1. The van der Waals surface area contributed by atoms with E-state index in [1.165, 1.54) is 0 Å². The van der Waals surface area contributed by atoms with Crippen LogP contribution < -0.4 is 5.32 Å². The Kier molecular flexibility index (Phi) is 8.38. The molecule has 1 saturated heterocycles. The lowest BCUT2D eigenvalue weighted by Crippen LogP contribution is -2.66. The largest absolute Gasteiger partial charge is 0.475 e. The molecular formula is C14H22ClNO11. The molecule has 7 N–H and O–H groups in total. The molecule has 2 aliphatic heterocycles. The molecule has 0 saturated carbocycles. The lowest BCUT2D eigenvalue weighted by molar-refractivity contribution is -0.302. The molecule has 12 nitrogen and oxygen atoms in total. The van der Waals surface area contributed by atoms with E-state index in [0.717, 1.165) is 13.0 Å². The molecule has 0 aromatic heterocycles. The van der Waals surface area contributed by atoms with Crippen molar-refractivity contribution in [2.75, 3.05) is 6.61 Å². The number of aliphatic hydroxyl groups is 5. The summed E-state index contributed by atoms with van der Waals surface area (Å²) in [4.78, 5) is 22.4. The van der Waals surface area contributed by atoms with Crippen molar-refractivity contribution in [1.82, 2.24) is 5.32 Å². The van der Waals surface area contributed by atoms with Crippen LogP contribution in [0.25, 0.3) is 0 Å². The number of aliphatic hydroxyl groups excluding tert-OH is 5. The summed E-state index contributed by atoms with van der Waals surface area (Å²) in [5.74, 6) is -2.81. The van der Waals surface area contributed by atoms with Gasteiger partial charge in [0.15, 0.2) is 6.29 Å². The first-order valence-electron chi connectivity index (χ1n) is 7.68. The summed E-state index contributed by atoms with van der Waals surface area (Å²) in [5, 5.41) is 60.5. The van der Waals surface area contributed by atoms with Gasteiger partial charge in [0.05, 0.1) is 6.61 Å². The maximum atomic E-state index is 11.3. The Morgan fingerprint density at radius 1 is 1.22 bits per heavy atom. The van der Waals surface area contributed by atoms with E-state index in [-0.39, 0.29) is 12.4 Å². The Bertz CT molecular complexity index is 573. The fourth-order valence-electron chi connectivity index (χ4n) is 2.67. The van der Waals surface area contributed by atoms with Crippen molar-refractivity contribution in [1.29, 1.82) is 0 Å². The predicted octanol–water partition coefficient (Wildman–Crippen LogP) is -3.58. The Balaban J connectivity index is 0.00000364. The molecule has 1 unspecified atom stereocenters. The van der Waals surface area contributed by atoms with Gasteiger partial charge in [-0.05, 0) is 6.08 Å². The molecule has 156 valence electrons. The van der Waals surface area contributed by atoms with E-state index in [9.17, 15) is 35.1 Å². The molecule has 0 radical (unpaired) electrons. The first kappa shape index (κ1) is 23.5. The molecule has 2 rings (SSSR count). The smallest absolute Gasteiger partial charge is 0.371 e. The van der Waals surface area contributed by atoms with Gasteiger partial charge < -0.3 is 50.2 Å². The van der Waals surface area contributed by atoms with Crippen molar-refractivity contribution in [2.45, 2.75) is 56.1 Å². The third-order valence-corrected chi connectivity index (χ3v) is 3.94. The second-order valence-corrected chi connectivity index (χ2v) is 5.87. The molecule has 1 fully saturated rings. The van der Waals surface area contributed by atoms with Crippen LogP contribution >= 0.6 is 12.4 Å². The molecule has 0 aromatic carbocycles. The van der Waals surface area contributed by atoms with Crippen molar-refractivity contribution in [3.63, 3.8) is 0 Å². The SMILES string of the molecule is CC(=O)N[C@H]1[C@@H](OC2OC(C(=O)O)=C[C@@H](O)[C@H]2O)[C@@H](O)[C@@H](CO)O[C@H]1O.Cl. The minimum absolute atomic E-state index is 0. The zero-order chi connectivity index (χ0) is 19.6. The second-order valence-electron chi connectivity index (χ2n) is 5.87. The number of amides is 1. The summed E-state index contributed by atoms with van der Waals surface area (Å²) >= 11 is 0. The second kappa shape index (κ2) is 9.61. The number of nitrogens with one attached hydrogen (secondary N) is 1. The van der Waals surface area contributed by atoms with Crippen LogP contribution in [-0.4, -0.2) is 98.3 Å². The number of ether oxygens (including phenoxy) is 3. The number of rotatable bonds is 5. The molecule has 0 spiro atoms. The summed E-state index contributed by atoms with van der Waals surface area (Å²) in [7, 11) is 0. The molecule has 2 aliphatic rings. The summed E-state index contributed by atoms with van der Waals surface area (Å²) in [5.41, 5.74) is 0. The zero-order valence-electron chi connectivity index (χ0n) is 14.0. The first-order chi connectivity index (χ1) is 12.1. The molecular weight excluding hydrogens is 394 g/mol. The van der Waals surface area contributed by atoms with Gasteiger partial charge in [-0.3, -0.25) is 4.79 Å². The number of carboxylic acid groups (broad SMARTS) is 1. The van der Waals surface area contributed by atoms with E-state index < -0.39 is 73.4 Å². The average molecular weight is 416 g/mol. The van der Waals surface area contributed by atoms with E-state index in [4.69, 9.17) is 19.3 Å². The van der Waals surface area contributed by atoms with Gasteiger partial charge in [-0.2, -0.15) is 0 Å². The highest BCUT2D eigenvalue weighted by atomic mass is 35.5. The predicted molar refractivity (Wildman–Crippen MR) is 86.3 cm³/mol. The van der Waals surface area contributed by atoms with Crippen LogP contribution in [-0.2, 0) is 23.8 Å². The van der Waals surface area contributed by atoms with Gasteiger partial charge >= 0.3 is 5.97 Å². The number of carbonyl (C=O) groups excluding carboxylic acids is 1. The Morgan fingerprint density at radius 2 is 1.85 bits per heavy atom. The van der Waals surface area contributed by atoms with Crippen molar-refractivity contribution >= 4 is 24.3 Å². The van der Waals surface area contributed by atoms with E-state index in [0.29, 0.717) is 0 Å². The van der Waals surface area contributed by atoms with Crippen LogP contribution in [0.5, 0.6) is 0 Å². The van der Waals surface area contributed by atoms with E-state index in [2.05, 4.69) is 5.32 Å². The van der Waals surface area contributed by atoms with Crippen LogP contribution in [0.4, 0.5) is 0 Å². The van der Waals surface area contributed by atoms with Crippen LogP contribution in [0.3, 0.4) is 0 Å². The van der Waals surface area contributed by atoms with Gasteiger partial charge in [0, 0.05) is 6.92 Å². The quantitative estimate of drug-likeness (QED) is 0.234. The number of hydrogen-bond acceptors (Lipinski definition) is 10. The topological polar surface area (TPSA) is 195 Å². The Hall–Kier alpha value is -1.51. The van der Waals surface area contributed by atoms with E-state index >= 15 is 0 Å². The van der Waals surface area contributed by atoms with Gasteiger partial charge in [0.2, 0.25) is 18.0 Å². The van der Waals surface area contributed by atoms with Crippen molar-refractivity contribution < 1.29 is 54.4 Å². The summed E-state index contributed by atoms with van der Waals surface area (Å²) in [6.07, 6.45) is -10.3. The van der Waals surface area contributed by atoms with Crippen molar-refractivity contribution in [3.05, 3.63) is 11.8 Å². The molecule has 27 heavy (non-hydrogen) atoms. The van der Waals surface area contributed by atoms with Crippen molar-refractivity contribution in [2.24, 2.45) is 0 Å². The molecule has 13 heteroatoms. The number of halogens is 1. The van der Waals surface area contributed by atoms with Gasteiger partial charge in [0.1, 0.15) is 36.6 Å². The van der Waals surface area contributed by atoms with Gasteiger partial charge in [-0.25, -0.2) is 4.79 Å². The van der Waals surface area contributed by atoms with Crippen molar-refractivity contribution in [3.8, 4) is 0 Å². The molecule has 2 heterocycles. The number of carbonyl (C=O) groups is 2. The number of hydrogen-bond donors (Lipinski definition) is 7. The Morgan fingerprint density at radius 3 is 2.37 bits per heavy atom. The van der Waals surface area contributed by atoms with Crippen LogP contribution in [0.1, 0.15) is 6.92 Å². The third-order valence-electron chi connectivity index (χ3n) is 3.94. The highest BCUT2D eigenvalue weighted by Crippen LogP contribution is 2.27. The maximum Gasteiger partial charge on any atom is 0.371 e. The number of carboxylic acids is 1. The molecule has 1 amide bonds. The lowest BCUT2D eigenvalue weighted by Gasteiger charge is -2.44. The van der Waals surface area contributed by atoms with Gasteiger partial charge in [-0.1, -0.05) is 0 Å². The molecule has 8 atom stereocenters. The van der Waals surface area contributed by atoms with Gasteiger partial charge in [-0.15, -0.1) is 12.4 Å². The molecule has 0 bridgehead atoms. The maximum absolute atomic E-state index is 11.3. The van der Waals surface area contributed by atoms with Crippen LogP contribution in [0.15, 0.2) is 11.8 Å².